The third kappa shape index (κ3) is 2.44. The predicted molar refractivity (Wildman–Crippen MR) is 49.6 cm³/mol. The summed E-state index contributed by atoms with van der Waals surface area (Å²) >= 11 is 0. The van der Waals surface area contributed by atoms with Crippen molar-refractivity contribution in [1.82, 2.24) is 4.90 Å². The summed E-state index contributed by atoms with van der Waals surface area (Å²) in [4.78, 5) is 2.06. The Morgan fingerprint density at radius 2 is 1.75 bits per heavy atom. The molecule has 0 aromatic carbocycles. The number of aliphatic hydroxyl groups excluding tert-OH is 1. The first kappa shape index (κ1) is 9.96. The van der Waals surface area contributed by atoms with E-state index in [0.717, 1.165) is 25.7 Å². The highest BCUT2D eigenvalue weighted by molar-refractivity contribution is 4.77. The van der Waals surface area contributed by atoms with E-state index < -0.39 is 0 Å². The zero-order valence-electron chi connectivity index (χ0n) is 8.03. The molecule has 0 amide bonds. The van der Waals surface area contributed by atoms with Crippen molar-refractivity contribution in [2.45, 2.75) is 38.0 Å². The molecule has 0 aromatic rings. The van der Waals surface area contributed by atoms with E-state index in [1.54, 1.807) is 0 Å². The zero-order valence-corrected chi connectivity index (χ0v) is 8.03. The molecular formula is C9H20N2O. The van der Waals surface area contributed by atoms with E-state index >= 15 is 0 Å². The minimum absolute atomic E-state index is 0.0735. The topological polar surface area (TPSA) is 49.5 Å². The van der Waals surface area contributed by atoms with Crippen LogP contribution in [0.25, 0.3) is 0 Å². The van der Waals surface area contributed by atoms with Crippen LogP contribution in [0.3, 0.4) is 0 Å². The van der Waals surface area contributed by atoms with Crippen molar-refractivity contribution in [2.75, 3.05) is 14.1 Å². The van der Waals surface area contributed by atoms with Crippen molar-refractivity contribution in [3.63, 3.8) is 0 Å². The normalized spacial score (nSPS) is 33.8. The van der Waals surface area contributed by atoms with Crippen LogP contribution < -0.4 is 5.73 Å². The molecule has 1 fully saturated rings. The first-order valence-electron chi connectivity index (χ1n) is 4.71. The van der Waals surface area contributed by atoms with Crippen molar-refractivity contribution in [2.24, 2.45) is 11.7 Å². The fourth-order valence-corrected chi connectivity index (χ4v) is 1.86. The number of rotatable bonds is 2. The van der Waals surface area contributed by atoms with Crippen LogP contribution in [0.4, 0.5) is 0 Å². The number of aliphatic hydroxyl groups is 1. The first-order valence-corrected chi connectivity index (χ1v) is 4.71. The predicted octanol–water partition coefficient (Wildman–Crippen LogP) is 0.384. The highest BCUT2D eigenvalue weighted by atomic mass is 16.3. The van der Waals surface area contributed by atoms with Crippen LogP contribution >= 0.6 is 0 Å². The molecule has 3 nitrogen and oxygen atoms in total. The van der Waals surface area contributed by atoms with Crippen molar-refractivity contribution in [3.8, 4) is 0 Å². The van der Waals surface area contributed by atoms with Gasteiger partial charge in [-0.25, -0.2) is 0 Å². The van der Waals surface area contributed by atoms with Crippen molar-refractivity contribution >= 4 is 0 Å². The summed E-state index contributed by atoms with van der Waals surface area (Å²) < 4.78 is 0. The van der Waals surface area contributed by atoms with Gasteiger partial charge >= 0.3 is 0 Å². The largest absolute Gasteiger partial charge is 0.393 e. The Balaban J connectivity index is 2.34. The van der Waals surface area contributed by atoms with Gasteiger partial charge in [-0.05, 0) is 45.7 Å². The van der Waals surface area contributed by atoms with Gasteiger partial charge in [-0.15, -0.1) is 0 Å². The molecule has 12 heavy (non-hydrogen) atoms. The maximum absolute atomic E-state index is 9.29. The molecule has 1 unspecified atom stereocenters. The van der Waals surface area contributed by atoms with Crippen molar-refractivity contribution < 1.29 is 5.11 Å². The van der Waals surface area contributed by atoms with Gasteiger partial charge < -0.3 is 10.8 Å². The molecule has 0 spiro atoms. The fraction of sp³-hybridized carbons (Fsp3) is 1.00. The molecule has 72 valence electrons. The molecule has 1 saturated carbocycles. The monoisotopic (exact) mass is 172 g/mol. The summed E-state index contributed by atoms with van der Waals surface area (Å²) in [5.41, 5.74) is 5.98. The highest BCUT2D eigenvalue weighted by Crippen LogP contribution is 2.26. The Kier molecular flexibility index (Phi) is 3.50. The van der Waals surface area contributed by atoms with Crippen LogP contribution in [0.2, 0.25) is 0 Å². The van der Waals surface area contributed by atoms with Crippen LogP contribution in [-0.2, 0) is 0 Å². The van der Waals surface area contributed by atoms with Crippen molar-refractivity contribution in [1.29, 1.82) is 0 Å². The number of hydrogen-bond acceptors (Lipinski definition) is 3. The van der Waals surface area contributed by atoms with Gasteiger partial charge in [-0.3, -0.25) is 4.90 Å². The minimum atomic E-state index is -0.0735. The lowest BCUT2D eigenvalue weighted by Gasteiger charge is -2.33. The number of hydrogen-bond donors (Lipinski definition) is 2. The lowest BCUT2D eigenvalue weighted by Crippen LogP contribution is -2.44. The summed E-state index contributed by atoms with van der Waals surface area (Å²) in [6, 6.07) is 0. The lowest BCUT2D eigenvalue weighted by molar-refractivity contribution is 0.0797. The smallest absolute Gasteiger partial charge is 0.0595 e. The van der Waals surface area contributed by atoms with Gasteiger partial charge in [-0.2, -0.15) is 0 Å². The summed E-state index contributed by atoms with van der Waals surface area (Å²) in [5.74, 6) is 0.573. The zero-order chi connectivity index (χ0) is 9.14. The third-order valence-electron chi connectivity index (χ3n) is 2.82. The second-order valence-electron chi connectivity index (χ2n) is 4.02. The first-order chi connectivity index (χ1) is 5.61. The van der Waals surface area contributed by atoms with Crippen LogP contribution in [0.1, 0.15) is 25.7 Å². The lowest BCUT2D eigenvalue weighted by atomic mass is 9.85. The molecule has 3 N–H and O–H groups in total. The molecule has 0 heterocycles. The number of nitrogens with two attached hydrogens (primary N) is 1. The Morgan fingerprint density at radius 3 is 2.17 bits per heavy atom. The molecule has 0 saturated heterocycles. The van der Waals surface area contributed by atoms with Crippen LogP contribution in [-0.4, -0.2) is 36.4 Å². The van der Waals surface area contributed by atoms with Crippen molar-refractivity contribution in [3.05, 3.63) is 0 Å². The maximum Gasteiger partial charge on any atom is 0.0595 e. The molecule has 1 atom stereocenters. The second-order valence-corrected chi connectivity index (χ2v) is 4.02. The van der Waals surface area contributed by atoms with E-state index in [0.29, 0.717) is 5.92 Å². The SMILES string of the molecule is CN(C)C(N)C1CCC(O)CC1. The van der Waals surface area contributed by atoms with Crippen LogP contribution in [0.5, 0.6) is 0 Å². The van der Waals surface area contributed by atoms with E-state index in [1.165, 1.54) is 0 Å². The summed E-state index contributed by atoms with van der Waals surface area (Å²) in [5, 5.41) is 9.29. The van der Waals surface area contributed by atoms with Gasteiger partial charge in [0.25, 0.3) is 0 Å². The standard InChI is InChI=1S/C9H20N2O/c1-11(2)9(10)7-3-5-8(12)6-4-7/h7-9,12H,3-6,10H2,1-2H3. The van der Waals surface area contributed by atoms with Gasteiger partial charge in [0.2, 0.25) is 0 Å². The third-order valence-corrected chi connectivity index (χ3v) is 2.82. The molecule has 0 bridgehead atoms. The molecule has 0 aliphatic heterocycles. The molecular weight excluding hydrogens is 152 g/mol. The van der Waals surface area contributed by atoms with E-state index in [-0.39, 0.29) is 12.3 Å². The van der Waals surface area contributed by atoms with E-state index in [1.807, 2.05) is 14.1 Å². The Labute approximate surface area is 74.5 Å². The Morgan fingerprint density at radius 1 is 1.25 bits per heavy atom. The van der Waals surface area contributed by atoms with Gasteiger partial charge in [-0.1, -0.05) is 0 Å². The molecule has 3 heteroatoms. The summed E-state index contributed by atoms with van der Waals surface area (Å²) in [6.07, 6.45) is 4.08. The van der Waals surface area contributed by atoms with Gasteiger partial charge in [0.05, 0.1) is 12.3 Å². The van der Waals surface area contributed by atoms with E-state index in [9.17, 15) is 5.11 Å². The van der Waals surface area contributed by atoms with Crippen LogP contribution in [0, 0.1) is 5.92 Å². The summed E-state index contributed by atoms with van der Waals surface area (Å²) in [7, 11) is 4.02. The Hall–Kier alpha value is -0.120. The molecule has 0 aromatic heterocycles. The average molecular weight is 172 g/mol. The fourth-order valence-electron chi connectivity index (χ4n) is 1.86. The van der Waals surface area contributed by atoms with Gasteiger partial charge in [0.1, 0.15) is 0 Å². The van der Waals surface area contributed by atoms with E-state index in [2.05, 4.69) is 4.90 Å². The maximum atomic E-state index is 9.29. The van der Waals surface area contributed by atoms with Gasteiger partial charge in [0, 0.05) is 0 Å². The Bertz CT molecular complexity index is 130. The molecule has 1 aliphatic carbocycles. The highest BCUT2D eigenvalue weighted by Gasteiger charge is 2.25. The van der Waals surface area contributed by atoms with Gasteiger partial charge in [0.15, 0.2) is 0 Å². The quantitative estimate of drug-likeness (QED) is 0.592. The average Bonchev–Trinajstić information content (AvgIpc) is 2.04. The summed E-state index contributed by atoms with van der Waals surface area (Å²) in [6.45, 7) is 0. The minimum Gasteiger partial charge on any atom is -0.393 e. The molecule has 1 rings (SSSR count). The van der Waals surface area contributed by atoms with E-state index in [4.69, 9.17) is 5.73 Å². The molecule has 1 aliphatic rings. The second kappa shape index (κ2) is 4.21. The number of nitrogens with zero attached hydrogens (tertiary/aromatic N) is 1. The van der Waals surface area contributed by atoms with Crippen LogP contribution in [0.15, 0.2) is 0 Å². The molecule has 0 radical (unpaired) electrons.